The van der Waals surface area contributed by atoms with E-state index in [0.29, 0.717) is 0 Å². The lowest BCUT2D eigenvalue weighted by Crippen LogP contribution is -2.84. The molecule has 20 nitrogen and oxygen atoms in total. The molecule has 4 fully saturated rings. The van der Waals surface area contributed by atoms with Gasteiger partial charge in [-0.1, -0.05) is 0 Å². The van der Waals surface area contributed by atoms with Gasteiger partial charge in [0.2, 0.25) is 0 Å². The van der Waals surface area contributed by atoms with E-state index in [9.17, 15) is 81.7 Å². The minimum Gasteiger partial charge on any atom is -0.394 e. The Morgan fingerprint density at radius 1 is 0.523 bits per heavy atom. The van der Waals surface area contributed by atoms with Crippen molar-refractivity contribution < 1.29 is 101 Å². The van der Waals surface area contributed by atoms with Crippen LogP contribution in [0.3, 0.4) is 0 Å². The molecule has 1 radical (unpaired) electrons. The Kier molecular flexibility index (Phi) is 11.0. The topological polar surface area (TPSA) is 361 Å². The Labute approximate surface area is 248 Å². The lowest BCUT2D eigenvalue weighted by molar-refractivity contribution is -0.384. The smallest absolute Gasteiger partial charge is 0.156 e. The normalized spacial score (nSPS) is 56.3. The first-order valence-electron chi connectivity index (χ1n) is 13.8. The predicted octanol–water partition coefficient (Wildman–Crippen LogP) is -10.7. The van der Waals surface area contributed by atoms with E-state index in [1.54, 1.807) is 0 Å². The molecule has 4 saturated heterocycles. The zero-order chi connectivity index (χ0) is 33.0. The zero-order valence-corrected chi connectivity index (χ0v) is 22.9. The zero-order valence-electron chi connectivity index (χ0n) is 22.9. The Morgan fingerprint density at radius 2 is 0.932 bits per heavy atom. The van der Waals surface area contributed by atoms with Crippen LogP contribution >= 0.6 is 0 Å². The van der Waals surface area contributed by atoms with Crippen LogP contribution in [0.1, 0.15) is 0 Å². The minimum absolute atomic E-state index is 0.270. The Hall–Kier alpha value is -0.800. The van der Waals surface area contributed by atoms with Gasteiger partial charge in [0.1, 0.15) is 116 Å². The van der Waals surface area contributed by atoms with Crippen LogP contribution in [0.5, 0.6) is 0 Å². The van der Waals surface area contributed by atoms with Crippen molar-refractivity contribution in [3.05, 3.63) is 6.61 Å². The van der Waals surface area contributed by atoms with Crippen LogP contribution in [0, 0.1) is 6.61 Å². The van der Waals surface area contributed by atoms with E-state index in [1.165, 1.54) is 0 Å². The molecule has 0 aromatic heterocycles. The lowest BCUT2D eigenvalue weighted by atomic mass is 9.63. The van der Waals surface area contributed by atoms with Gasteiger partial charge in [0.05, 0.1) is 19.8 Å². The van der Waals surface area contributed by atoms with E-state index < -0.39 is 141 Å². The highest BCUT2D eigenvalue weighted by Crippen LogP contribution is 2.49. The second-order valence-electron chi connectivity index (χ2n) is 11.6. The van der Waals surface area contributed by atoms with Crippen molar-refractivity contribution in [3.8, 4) is 0 Å². The maximum absolute atomic E-state index is 12.2. The number of hydrogen-bond acceptors (Lipinski definition) is 20. The second kappa shape index (κ2) is 13.4. The van der Waals surface area contributed by atoms with Gasteiger partial charge in [0, 0.05) is 0 Å². The van der Waals surface area contributed by atoms with E-state index in [-0.39, 0.29) is 6.61 Å². The van der Waals surface area contributed by atoms with Crippen LogP contribution in [0.15, 0.2) is 0 Å². The van der Waals surface area contributed by atoms with Gasteiger partial charge >= 0.3 is 0 Å². The number of rotatable bonds is 7. The molecule has 3 unspecified atom stereocenters. The third-order valence-corrected chi connectivity index (χ3v) is 9.06. The average molecular weight is 650 g/mol. The third-order valence-electron chi connectivity index (χ3n) is 9.06. The van der Waals surface area contributed by atoms with Crippen LogP contribution in [0.2, 0.25) is 0 Å². The van der Waals surface area contributed by atoms with Crippen molar-refractivity contribution in [3.63, 3.8) is 0 Å². The van der Waals surface area contributed by atoms with Crippen molar-refractivity contribution in [2.75, 3.05) is 19.8 Å². The first kappa shape index (κ1) is 36.0. The predicted molar refractivity (Wildman–Crippen MR) is 132 cm³/mol. The molecule has 16 N–H and O–H groups in total. The Morgan fingerprint density at radius 3 is 1.41 bits per heavy atom. The summed E-state index contributed by atoms with van der Waals surface area (Å²) in [5.41, 5.74) is -6.92. The molecule has 44 heavy (non-hydrogen) atoms. The molecule has 4 heterocycles. The van der Waals surface area contributed by atoms with E-state index in [2.05, 4.69) is 0 Å². The minimum atomic E-state index is -3.55. The number of aliphatic hydroxyl groups is 16. The van der Waals surface area contributed by atoms with Gasteiger partial charge in [0.25, 0.3) is 0 Å². The van der Waals surface area contributed by atoms with Gasteiger partial charge in [-0.15, -0.1) is 0 Å². The largest absolute Gasteiger partial charge is 0.394 e. The van der Waals surface area contributed by atoms with Crippen molar-refractivity contribution in [2.24, 2.45) is 0 Å². The summed E-state index contributed by atoms with van der Waals surface area (Å²) in [6.45, 7) is -2.72. The maximum atomic E-state index is 12.2. The summed E-state index contributed by atoms with van der Waals surface area (Å²) < 4.78 is 21.4. The van der Waals surface area contributed by atoms with Gasteiger partial charge in [0.15, 0.2) is 11.2 Å². The molecule has 20 atom stereocenters. The van der Waals surface area contributed by atoms with Gasteiger partial charge < -0.3 is 101 Å². The molecular weight excluding hydrogens is 608 g/mol. The molecule has 0 saturated carbocycles. The van der Waals surface area contributed by atoms with Crippen molar-refractivity contribution in [2.45, 2.75) is 121 Å². The monoisotopic (exact) mass is 649 g/mol. The number of aliphatic hydroxyl groups excluding tert-OH is 14. The molecule has 0 spiro atoms. The van der Waals surface area contributed by atoms with Crippen molar-refractivity contribution >= 4 is 0 Å². The molecule has 0 aliphatic carbocycles. The average Bonchev–Trinajstić information content (AvgIpc) is 3.00. The lowest BCUT2D eigenvalue weighted by Gasteiger charge is -2.61. The third kappa shape index (κ3) is 5.48. The summed E-state index contributed by atoms with van der Waals surface area (Å²) in [5.74, 6) is 0. The van der Waals surface area contributed by atoms with Gasteiger partial charge in [-0.2, -0.15) is 0 Å². The summed E-state index contributed by atoms with van der Waals surface area (Å²) in [5, 5.41) is 169. The van der Waals surface area contributed by atoms with Crippen LogP contribution in [-0.4, -0.2) is 223 Å². The van der Waals surface area contributed by atoms with Gasteiger partial charge in [-0.3, -0.25) is 0 Å². The first-order chi connectivity index (χ1) is 20.5. The Bertz CT molecular complexity index is 957. The number of hydrogen-bond donors (Lipinski definition) is 16. The highest BCUT2D eigenvalue weighted by Gasteiger charge is 2.74. The molecule has 20 heteroatoms. The highest BCUT2D eigenvalue weighted by molar-refractivity contribution is 5.25. The van der Waals surface area contributed by atoms with Crippen molar-refractivity contribution in [1.29, 1.82) is 0 Å². The Balaban J connectivity index is 1.79. The quantitative estimate of drug-likeness (QED) is 0.122. The summed E-state index contributed by atoms with van der Waals surface area (Å²) in [7, 11) is 0. The molecular formula is C24H41O20. The fraction of sp³-hybridized carbons (Fsp3) is 0.958. The fourth-order valence-corrected chi connectivity index (χ4v) is 6.33. The van der Waals surface area contributed by atoms with Crippen LogP contribution in [0.4, 0.5) is 0 Å². The second-order valence-corrected chi connectivity index (χ2v) is 11.6. The van der Waals surface area contributed by atoms with E-state index in [0.717, 1.165) is 0 Å². The molecule has 4 rings (SSSR count). The SMILES string of the molecule is OC[C@@H]1O[C@H](C2(O)[C@@H](O)[C@H](C(O)[C@@H]3O[C@H](CO)[C@@H](O)[C@H](O)[C@H]3O)O[CH]C2(O)[C@@H]2O[C@H](CO)[C@@H](O)[C@H](O)[C@H]2O)[C@@H](O)[C@H](O)[C@H]1O. The summed E-state index contributed by atoms with van der Waals surface area (Å²) in [4.78, 5) is 0. The molecule has 0 bridgehead atoms. The summed E-state index contributed by atoms with van der Waals surface area (Å²) in [6.07, 6.45) is -38.2. The standard InChI is InChI=1S/C24H41O20/c25-1-5-8(28)11(31)14(34)18(42-5)17(37)19-20(38)24(40,22-16(36)13(33)10(30)7(3-27)44-22)23(39,4-41-19)21-15(35)12(32)9(29)6(2-26)43-21/h4-22,25-40H,1-3H2/t5-,6-,7+,8-,9-,10+,11+,12+,13-,14-,15-,16+,17?,18-,19+,20+,21-,22+,23?,24?/m1/s1. The van der Waals surface area contributed by atoms with Crippen LogP contribution in [-0.2, 0) is 18.9 Å². The molecule has 4 aliphatic heterocycles. The molecule has 0 aromatic rings. The van der Waals surface area contributed by atoms with Gasteiger partial charge in [-0.05, 0) is 0 Å². The first-order valence-corrected chi connectivity index (χ1v) is 13.8. The number of ether oxygens (including phenoxy) is 4. The molecule has 0 aromatic carbocycles. The fourth-order valence-electron chi connectivity index (χ4n) is 6.33. The van der Waals surface area contributed by atoms with E-state index >= 15 is 0 Å². The van der Waals surface area contributed by atoms with E-state index in [4.69, 9.17) is 18.9 Å². The summed E-state index contributed by atoms with van der Waals surface area (Å²) >= 11 is 0. The highest BCUT2D eigenvalue weighted by atomic mass is 16.6. The maximum Gasteiger partial charge on any atom is 0.156 e. The van der Waals surface area contributed by atoms with Crippen LogP contribution < -0.4 is 0 Å². The van der Waals surface area contributed by atoms with Crippen LogP contribution in [0.25, 0.3) is 0 Å². The van der Waals surface area contributed by atoms with Crippen molar-refractivity contribution in [1.82, 2.24) is 0 Å². The van der Waals surface area contributed by atoms with E-state index in [1.807, 2.05) is 0 Å². The summed E-state index contributed by atoms with van der Waals surface area (Å²) in [6, 6.07) is 0. The van der Waals surface area contributed by atoms with Gasteiger partial charge in [-0.25, -0.2) is 0 Å². The molecule has 257 valence electrons. The molecule has 4 aliphatic rings. The molecule has 0 amide bonds.